The highest BCUT2D eigenvalue weighted by Crippen LogP contribution is 2.48. The molecule has 0 saturated carbocycles. The number of phenols is 1. The third kappa shape index (κ3) is 8.50. The fourth-order valence-electron chi connectivity index (χ4n) is 7.85. The Balaban J connectivity index is 1.62. The number of hydrazone groups is 1. The summed E-state index contributed by atoms with van der Waals surface area (Å²) in [4.78, 5) is 59.3. The molecule has 4 aliphatic heterocycles. The fourth-order valence-corrected chi connectivity index (χ4v) is 7.85. The number of aromatic hydroxyl groups is 1. The normalized spacial score (nSPS) is 34.2. The van der Waals surface area contributed by atoms with E-state index < -0.39 is 88.0 Å². The molecule has 9 atom stereocenters. The maximum atomic E-state index is 14.6. The van der Waals surface area contributed by atoms with Crippen molar-refractivity contribution < 1.29 is 49.1 Å². The Hall–Kier alpha value is -4.63. The number of fused-ring (bicyclic) bond motifs is 14. The van der Waals surface area contributed by atoms with Crippen molar-refractivity contribution in [2.45, 2.75) is 92.8 Å². The second kappa shape index (κ2) is 17.5. The summed E-state index contributed by atoms with van der Waals surface area (Å²) in [5.41, 5.74) is -1.58. The summed E-state index contributed by atoms with van der Waals surface area (Å²) in [6.45, 7) is 18.8. The molecule has 1 aliphatic carbocycles. The van der Waals surface area contributed by atoms with Gasteiger partial charge in [0.2, 0.25) is 5.78 Å². The van der Waals surface area contributed by atoms with E-state index in [9.17, 15) is 39.6 Å². The molecule has 0 aromatic heterocycles. The number of piperazine rings is 1. The van der Waals surface area contributed by atoms with Crippen molar-refractivity contribution in [2.24, 2.45) is 34.7 Å². The van der Waals surface area contributed by atoms with Crippen molar-refractivity contribution in [3.8, 4) is 11.5 Å². The van der Waals surface area contributed by atoms with Crippen LogP contribution in [0.1, 0.15) is 98.4 Å². The molecule has 1 aromatic rings. The lowest BCUT2D eigenvalue weighted by Gasteiger charge is -2.35. The molecule has 57 heavy (non-hydrogen) atoms. The summed E-state index contributed by atoms with van der Waals surface area (Å²) in [7, 11) is 0. The van der Waals surface area contributed by atoms with Crippen molar-refractivity contribution in [1.82, 2.24) is 15.2 Å². The van der Waals surface area contributed by atoms with Crippen LogP contribution in [0.2, 0.25) is 0 Å². The van der Waals surface area contributed by atoms with Gasteiger partial charge in [0.15, 0.2) is 5.78 Å². The summed E-state index contributed by atoms with van der Waals surface area (Å²) in [5, 5.41) is 54.1. The fraction of sp³-hybridized carbons (Fsp3) is 0.558. The Morgan fingerprint density at radius 2 is 1.49 bits per heavy atom. The minimum absolute atomic E-state index is 0.0252. The molecule has 1 aromatic carbocycles. The van der Waals surface area contributed by atoms with Gasteiger partial charge in [-0.3, -0.25) is 29.1 Å². The van der Waals surface area contributed by atoms with E-state index >= 15 is 0 Å². The number of carbonyl (C=O) groups is 4. The van der Waals surface area contributed by atoms with Gasteiger partial charge in [0.05, 0.1) is 53.1 Å². The van der Waals surface area contributed by atoms with Gasteiger partial charge in [0, 0.05) is 62.0 Å². The Morgan fingerprint density at radius 3 is 2.14 bits per heavy atom. The molecule has 14 nitrogen and oxygen atoms in total. The van der Waals surface area contributed by atoms with E-state index in [4.69, 9.17) is 9.47 Å². The first-order chi connectivity index (χ1) is 26.8. The van der Waals surface area contributed by atoms with Gasteiger partial charge >= 0.3 is 5.79 Å². The lowest BCUT2D eigenvalue weighted by Crippen LogP contribution is -2.44. The van der Waals surface area contributed by atoms with Gasteiger partial charge in [-0.25, -0.2) is 0 Å². The molecular weight excluding hydrogens is 732 g/mol. The number of nitrogens with zero attached hydrogens (tertiary/aromatic N) is 3. The van der Waals surface area contributed by atoms with Gasteiger partial charge in [0.1, 0.15) is 17.2 Å². The molecule has 0 radical (unpaired) electrons. The van der Waals surface area contributed by atoms with Crippen LogP contribution >= 0.6 is 0 Å². The van der Waals surface area contributed by atoms with Gasteiger partial charge in [-0.1, -0.05) is 59.8 Å². The van der Waals surface area contributed by atoms with E-state index in [0.29, 0.717) is 13.1 Å². The maximum Gasteiger partial charge on any atom is 0.312 e. The average Bonchev–Trinajstić information content (AvgIpc) is 3.45. The Morgan fingerprint density at radius 1 is 0.860 bits per heavy atom. The third-order valence-electron chi connectivity index (χ3n) is 12.1. The van der Waals surface area contributed by atoms with Crippen LogP contribution in [-0.2, 0) is 9.53 Å². The zero-order valence-corrected chi connectivity index (χ0v) is 34.4. The first-order valence-corrected chi connectivity index (χ1v) is 19.9. The number of benzene rings is 1. The molecule has 1 fully saturated rings. The highest BCUT2D eigenvalue weighted by atomic mass is 16.7. The van der Waals surface area contributed by atoms with Gasteiger partial charge in [-0.05, 0) is 44.7 Å². The summed E-state index contributed by atoms with van der Waals surface area (Å²) in [6, 6.07) is 0. The van der Waals surface area contributed by atoms with Crippen molar-refractivity contribution in [1.29, 1.82) is 0 Å². The van der Waals surface area contributed by atoms with Crippen molar-refractivity contribution in [3.05, 3.63) is 69.7 Å². The molecule has 4 heterocycles. The molecular formula is C43H58N4O10. The molecule has 0 spiro atoms. The van der Waals surface area contributed by atoms with Crippen LogP contribution in [0.3, 0.4) is 0 Å². The number of ether oxygens (including phenoxy) is 2. The first kappa shape index (κ1) is 43.5. The van der Waals surface area contributed by atoms with Gasteiger partial charge in [-0.15, -0.1) is 0 Å². The molecule has 6 rings (SSSR count). The summed E-state index contributed by atoms with van der Waals surface area (Å²) < 4.78 is 12.0. The standard InChI is InChI=1S/C43H58N4O10/c1-10-15-46-16-18-47(19-17-46)44-21-29-33-39(53)31-30(38(29)52)32-40(28(8)37(31)51)57-43(9,41(32)54)56-20-14-22(2)25(5)35(49)27(7)36(50)26(6)34(48)23(3)12-11-13-24(4)42(55)45-33/h11-14,20-23,25-27,34-36,48-51H,10,15-19H2,1-9H3,(H,45,55)/b12-11+,20-14+,24-13-,44-21-/t22-,23-,25+,26+,27-,34-,35+,36+,43-/m0/s1. The first-order valence-electron chi connectivity index (χ1n) is 19.9. The zero-order valence-electron chi connectivity index (χ0n) is 34.4. The summed E-state index contributed by atoms with van der Waals surface area (Å²) in [6.07, 6.45) is 6.83. The second-order valence-corrected chi connectivity index (χ2v) is 16.2. The van der Waals surface area contributed by atoms with Crippen molar-refractivity contribution in [3.63, 3.8) is 0 Å². The Labute approximate surface area is 334 Å². The van der Waals surface area contributed by atoms with Crippen LogP contribution in [0.15, 0.2) is 52.5 Å². The predicted octanol–water partition coefficient (Wildman–Crippen LogP) is 4.06. The minimum atomic E-state index is -2.00. The van der Waals surface area contributed by atoms with E-state index in [1.54, 1.807) is 44.0 Å². The molecule has 1 saturated heterocycles. The Kier molecular flexibility index (Phi) is 13.3. The van der Waals surface area contributed by atoms with E-state index in [0.717, 1.165) is 26.1 Å². The number of Topliss-reactive ketones (excluding diaryl/α,β-unsaturated/α-hetero) is 3. The number of allylic oxidation sites excluding steroid dienone is 5. The van der Waals surface area contributed by atoms with Gasteiger partial charge < -0.3 is 35.2 Å². The lowest BCUT2D eigenvalue weighted by atomic mass is 9.77. The van der Waals surface area contributed by atoms with Crippen molar-refractivity contribution >= 4 is 29.5 Å². The average molecular weight is 791 g/mol. The topological polar surface area (TPSA) is 199 Å². The number of carbonyl (C=O) groups excluding carboxylic acids is 4. The maximum absolute atomic E-state index is 14.6. The zero-order chi connectivity index (χ0) is 42.1. The molecule has 5 bridgehead atoms. The number of phenolic OH excluding ortho intramolecular Hbond substituents is 1. The predicted molar refractivity (Wildman–Crippen MR) is 214 cm³/mol. The highest BCUT2D eigenvalue weighted by molar-refractivity contribution is 6.37. The Bertz CT molecular complexity index is 1930. The van der Waals surface area contributed by atoms with Crippen LogP contribution in [0.4, 0.5) is 0 Å². The number of aliphatic hydroxyl groups excluding tert-OH is 3. The third-order valence-corrected chi connectivity index (χ3v) is 12.1. The number of ketones is 3. The summed E-state index contributed by atoms with van der Waals surface area (Å²) >= 11 is 0. The molecule has 1 amide bonds. The van der Waals surface area contributed by atoms with E-state index in [1.165, 1.54) is 39.3 Å². The number of nitrogens with one attached hydrogen (secondary N) is 1. The van der Waals surface area contributed by atoms with Crippen molar-refractivity contribution in [2.75, 3.05) is 32.7 Å². The second-order valence-electron chi connectivity index (χ2n) is 16.2. The number of hydrogen-bond acceptors (Lipinski definition) is 13. The summed E-state index contributed by atoms with van der Waals surface area (Å²) in [5.74, 6) is -8.35. The lowest BCUT2D eigenvalue weighted by molar-refractivity contribution is -0.116. The van der Waals surface area contributed by atoms with Crippen LogP contribution in [0.25, 0.3) is 0 Å². The number of rotatable bonds is 4. The highest BCUT2D eigenvalue weighted by Gasteiger charge is 2.52. The molecule has 5 N–H and O–H groups in total. The molecule has 5 aliphatic rings. The smallest absolute Gasteiger partial charge is 0.312 e. The van der Waals surface area contributed by atoms with Crippen LogP contribution in [0, 0.1) is 36.5 Å². The molecule has 310 valence electrons. The van der Waals surface area contributed by atoms with E-state index in [2.05, 4.69) is 22.2 Å². The minimum Gasteiger partial charge on any atom is -0.507 e. The molecule has 0 unspecified atom stereocenters. The van der Waals surface area contributed by atoms with E-state index in [-0.39, 0.29) is 39.5 Å². The number of hydrogen-bond donors (Lipinski definition) is 5. The van der Waals surface area contributed by atoms with Crippen LogP contribution in [-0.4, -0.2) is 117 Å². The molecule has 14 heteroatoms. The largest absolute Gasteiger partial charge is 0.507 e. The van der Waals surface area contributed by atoms with Crippen LogP contribution in [0.5, 0.6) is 11.5 Å². The van der Waals surface area contributed by atoms with Gasteiger partial charge in [-0.2, -0.15) is 5.10 Å². The van der Waals surface area contributed by atoms with Crippen LogP contribution < -0.4 is 10.1 Å². The SMILES string of the molecule is CCCN1CCN(/N=C\C2=C3NC(=O)/C(C)=C\C=C\[C@H](C)[C@H](O)[C@@H](C)[C@@H](O)[C@@H](C)[C@H](O)[C@H](C)[C@@H](C)/C=C/O[C@@]4(C)Oc5c(C)c(O)c(c(c5C4=O)C2=O)C3=O)CC1. The van der Waals surface area contributed by atoms with E-state index in [1.807, 2.05) is 13.8 Å². The number of amides is 1. The number of aliphatic hydroxyl groups is 3. The van der Waals surface area contributed by atoms with Gasteiger partial charge in [0.25, 0.3) is 11.7 Å². The monoisotopic (exact) mass is 790 g/mol. The quantitative estimate of drug-likeness (QED) is 0.275.